The summed E-state index contributed by atoms with van der Waals surface area (Å²) in [5.41, 5.74) is 0.454. The quantitative estimate of drug-likeness (QED) is 0.500. The van der Waals surface area contributed by atoms with Crippen LogP contribution >= 0.6 is 11.6 Å². The van der Waals surface area contributed by atoms with Crippen LogP contribution in [0, 0.1) is 12.3 Å². The summed E-state index contributed by atoms with van der Waals surface area (Å²) in [4.78, 5) is 17.7. The van der Waals surface area contributed by atoms with Crippen LogP contribution in [0.4, 0.5) is 0 Å². The van der Waals surface area contributed by atoms with E-state index >= 15 is 0 Å². The van der Waals surface area contributed by atoms with Gasteiger partial charge in [-0.05, 0) is 62.7 Å². The van der Waals surface area contributed by atoms with Gasteiger partial charge in [-0.1, -0.05) is 17.7 Å². The number of carbonyl (C=O) groups excluding carboxylic acids is 1. The number of methoxy groups -OCH3 is 1. The zero-order chi connectivity index (χ0) is 26.6. The molecule has 8 nitrogen and oxygen atoms in total. The third-order valence-corrected chi connectivity index (χ3v) is 9.84. The molecule has 2 aliphatic heterocycles. The number of ether oxygens (including phenoxy) is 2. The van der Waals surface area contributed by atoms with Crippen molar-refractivity contribution in [2.24, 2.45) is 5.41 Å². The van der Waals surface area contributed by atoms with Gasteiger partial charge in [0.05, 0.1) is 18.6 Å². The predicted octanol–water partition coefficient (Wildman–Crippen LogP) is 3.67. The Morgan fingerprint density at radius 2 is 1.70 bits per heavy atom. The molecule has 2 aromatic carbocycles. The molecular weight excluding hydrogens is 514 g/mol. The summed E-state index contributed by atoms with van der Waals surface area (Å²) in [6.07, 6.45) is 1.39. The van der Waals surface area contributed by atoms with Crippen molar-refractivity contribution in [1.82, 2.24) is 14.1 Å². The van der Waals surface area contributed by atoms with Crippen LogP contribution in [0.5, 0.6) is 11.5 Å². The van der Waals surface area contributed by atoms with Gasteiger partial charge in [0.1, 0.15) is 11.5 Å². The number of sulfonamides is 1. The largest absolute Gasteiger partial charge is 0.497 e. The van der Waals surface area contributed by atoms with E-state index < -0.39 is 15.4 Å². The van der Waals surface area contributed by atoms with E-state index in [0.29, 0.717) is 68.6 Å². The number of piperazine rings is 1. The minimum absolute atomic E-state index is 0.105. The number of halogens is 1. The third kappa shape index (κ3) is 6.57. The van der Waals surface area contributed by atoms with Crippen molar-refractivity contribution in [3.8, 4) is 11.5 Å². The van der Waals surface area contributed by atoms with Gasteiger partial charge in [0.2, 0.25) is 15.9 Å². The summed E-state index contributed by atoms with van der Waals surface area (Å²) in [5.74, 6) is 1.30. The van der Waals surface area contributed by atoms with E-state index in [1.165, 1.54) is 11.4 Å². The number of hydrogen-bond donors (Lipinski definition) is 0. The van der Waals surface area contributed by atoms with Gasteiger partial charge in [-0.2, -0.15) is 4.31 Å². The average molecular weight is 550 g/mol. The molecule has 1 amide bonds. The SMILES string of the molecule is COc1cccc(S(=O)(=O)N2CCC(COc3ccc(Cl)c(C)c3)(CC(=O)N3CCN(C)CC3)CC2)c1. The van der Waals surface area contributed by atoms with E-state index in [1.54, 1.807) is 30.3 Å². The van der Waals surface area contributed by atoms with E-state index in [2.05, 4.69) is 11.9 Å². The Balaban J connectivity index is 1.50. The lowest BCUT2D eigenvalue weighted by Crippen LogP contribution is -2.51. The van der Waals surface area contributed by atoms with Gasteiger partial charge in [-0.15, -0.1) is 0 Å². The van der Waals surface area contributed by atoms with Crippen molar-refractivity contribution >= 4 is 27.5 Å². The summed E-state index contributed by atoms with van der Waals surface area (Å²) < 4.78 is 39.7. The number of amides is 1. The molecular formula is C27H36ClN3O5S. The molecule has 2 aromatic rings. The first-order chi connectivity index (χ1) is 17.6. The van der Waals surface area contributed by atoms with Gasteiger partial charge in [-0.3, -0.25) is 4.79 Å². The maximum Gasteiger partial charge on any atom is 0.243 e. The highest BCUT2D eigenvalue weighted by Gasteiger charge is 2.42. The van der Waals surface area contributed by atoms with Gasteiger partial charge in [0.25, 0.3) is 0 Å². The molecule has 0 bridgehead atoms. The molecule has 0 N–H and O–H groups in total. The van der Waals surface area contributed by atoms with Gasteiger partial charge in [0, 0.05) is 62.2 Å². The normalized spacial score (nSPS) is 19.0. The van der Waals surface area contributed by atoms with Gasteiger partial charge in [0.15, 0.2) is 0 Å². The minimum Gasteiger partial charge on any atom is -0.497 e. The number of hydrogen-bond acceptors (Lipinski definition) is 6. The number of likely N-dealkylation sites (N-methyl/N-ethyl adjacent to an activating group) is 1. The zero-order valence-electron chi connectivity index (χ0n) is 21.8. The molecule has 37 heavy (non-hydrogen) atoms. The fourth-order valence-electron chi connectivity index (χ4n) is 4.92. The van der Waals surface area contributed by atoms with E-state index in [1.807, 2.05) is 24.0 Å². The Morgan fingerprint density at radius 3 is 2.35 bits per heavy atom. The number of nitrogens with zero attached hydrogens (tertiary/aromatic N) is 3. The van der Waals surface area contributed by atoms with Crippen LogP contribution < -0.4 is 9.47 Å². The molecule has 0 radical (unpaired) electrons. The summed E-state index contributed by atoms with van der Waals surface area (Å²) in [6, 6.07) is 12.0. The van der Waals surface area contributed by atoms with E-state index in [-0.39, 0.29) is 10.8 Å². The highest BCUT2D eigenvalue weighted by Crippen LogP contribution is 2.39. The molecule has 0 saturated carbocycles. The molecule has 202 valence electrons. The molecule has 0 spiro atoms. The Bertz CT molecular complexity index is 1210. The molecule has 0 atom stereocenters. The van der Waals surface area contributed by atoms with Crippen molar-refractivity contribution < 1.29 is 22.7 Å². The summed E-state index contributed by atoms with van der Waals surface area (Å²) >= 11 is 6.17. The van der Waals surface area contributed by atoms with Crippen LogP contribution in [0.3, 0.4) is 0 Å². The zero-order valence-corrected chi connectivity index (χ0v) is 23.4. The van der Waals surface area contributed by atoms with Crippen molar-refractivity contribution in [1.29, 1.82) is 0 Å². The second kappa shape index (κ2) is 11.6. The second-order valence-corrected chi connectivity index (χ2v) is 12.5. The molecule has 2 aliphatic rings. The average Bonchev–Trinajstić information content (AvgIpc) is 2.90. The van der Waals surface area contributed by atoms with Crippen molar-refractivity contribution in [2.45, 2.75) is 31.1 Å². The monoisotopic (exact) mass is 549 g/mol. The minimum atomic E-state index is -3.68. The molecule has 0 aromatic heterocycles. The fourth-order valence-corrected chi connectivity index (χ4v) is 6.51. The Morgan fingerprint density at radius 1 is 1.00 bits per heavy atom. The third-order valence-electron chi connectivity index (χ3n) is 7.52. The lowest BCUT2D eigenvalue weighted by molar-refractivity contribution is -0.136. The topological polar surface area (TPSA) is 79.4 Å². The molecule has 2 fully saturated rings. The van der Waals surface area contributed by atoms with Gasteiger partial charge >= 0.3 is 0 Å². The van der Waals surface area contributed by atoms with Crippen LogP contribution in [0.2, 0.25) is 5.02 Å². The van der Waals surface area contributed by atoms with Crippen LogP contribution in [0.25, 0.3) is 0 Å². The van der Waals surface area contributed by atoms with Crippen LogP contribution in [0.1, 0.15) is 24.8 Å². The molecule has 2 heterocycles. The maximum absolute atomic E-state index is 13.4. The van der Waals surface area contributed by atoms with Crippen molar-refractivity contribution in [3.63, 3.8) is 0 Å². The number of aryl methyl sites for hydroxylation is 1. The second-order valence-electron chi connectivity index (χ2n) is 10.1. The lowest BCUT2D eigenvalue weighted by atomic mass is 9.76. The first-order valence-electron chi connectivity index (χ1n) is 12.6. The first-order valence-corrected chi connectivity index (χ1v) is 14.4. The lowest BCUT2D eigenvalue weighted by Gasteiger charge is -2.42. The van der Waals surface area contributed by atoms with Crippen LogP contribution in [-0.2, 0) is 14.8 Å². The van der Waals surface area contributed by atoms with E-state index in [9.17, 15) is 13.2 Å². The molecule has 10 heteroatoms. The van der Waals surface area contributed by atoms with Gasteiger partial charge in [-0.25, -0.2) is 8.42 Å². The number of piperidine rings is 1. The van der Waals surface area contributed by atoms with E-state index in [4.69, 9.17) is 21.1 Å². The summed E-state index contributed by atoms with van der Waals surface area (Å²) in [6.45, 7) is 6.01. The summed E-state index contributed by atoms with van der Waals surface area (Å²) in [5, 5.41) is 0.670. The van der Waals surface area contributed by atoms with Crippen LogP contribution in [0.15, 0.2) is 47.4 Å². The molecule has 2 saturated heterocycles. The number of rotatable bonds is 8. The summed E-state index contributed by atoms with van der Waals surface area (Å²) in [7, 11) is -0.107. The first kappa shape index (κ1) is 27.7. The maximum atomic E-state index is 13.4. The molecule has 4 rings (SSSR count). The Kier molecular flexibility index (Phi) is 8.68. The molecule has 0 unspecified atom stereocenters. The van der Waals surface area contributed by atoms with E-state index in [0.717, 1.165) is 18.7 Å². The standard InChI is InChI=1S/C27H36ClN3O5S/c1-21-17-23(7-8-25(21)28)36-20-27(19-26(32)30-15-13-29(2)14-16-30)9-11-31(12-10-27)37(33,34)24-6-4-5-22(18-24)35-3/h4-8,17-18H,9-16,19-20H2,1-3H3. The Hall–Kier alpha value is -2.33. The molecule has 0 aliphatic carbocycles. The highest BCUT2D eigenvalue weighted by molar-refractivity contribution is 7.89. The number of benzene rings is 2. The smallest absolute Gasteiger partial charge is 0.243 e. The van der Waals surface area contributed by atoms with Crippen molar-refractivity contribution in [3.05, 3.63) is 53.1 Å². The Labute approximate surface area is 225 Å². The van der Waals surface area contributed by atoms with Crippen LogP contribution in [-0.4, -0.2) is 88.5 Å². The van der Waals surface area contributed by atoms with Gasteiger partial charge < -0.3 is 19.3 Å². The fraction of sp³-hybridized carbons (Fsp3) is 0.519. The highest BCUT2D eigenvalue weighted by atomic mass is 35.5. The number of carbonyl (C=O) groups is 1. The predicted molar refractivity (Wildman–Crippen MR) is 144 cm³/mol. The van der Waals surface area contributed by atoms with Crippen molar-refractivity contribution in [2.75, 3.05) is 60.0 Å².